The van der Waals surface area contributed by atoms with E-state index in [0.29, 0.717) is 5.41 Å². The molecule has 1 saturated carbocycles. The number of guanidine groups is 1. The van der Waals surface area contributed by atoms with E-state index in [-0.39, 0.29) is 0 Å². The summed E-state index contributed by atoms with van der Waals surface area (Å²) >= 11 is 0. The van der Waals surface area contributed by atoms with E-state index < -0.39 is 0 Å². The van der Waals surface area contributed by atoms with Crippen LogP contribution in [-0.4, -0.2) is 50.8 Å². The Hall–Kier alpha value is -1.82. The van der Waals surface area contributed by atoms with Gasteiger partial charge in [0.15, 0.2) is 5.96 Å². The van der Waals surface area contributed by atoms with Gasteiger partial charge < -0.3 is 20.3 Å². The van der Waals surface area contributed by atoms with Gasteiger partial charge in [0.1, 0.15) is 5.82 Å². The van der Waals surface area contributed by atoms with Crippen LogP contribution in [0.3, 0.4) is 0 Å². The summed E-state index contributed by atoms with van der Waals surface area (Å²) in [4.78, 5) is 11.3. The largest absolute Gasteiger partial charge is 0.378 e. The van der Waals surface area contributed by atoms with Gasteiger partial charge in [-0.3, -0.25) is 4.99 Å². The van der Waals surface area contributed by atoms with Crippen LogP contribution in [0.15, 0.2) is 23.3 Å². The summed E-state index contributed by atoms with van der Waals surface area (Å²) < 4.78 is 5.46. The van der Waals surface area contributed by atoms with E-state index in [1.54, 1.807) is 0 Å². The first-order valence-corrected chi connectivity index (χ1v) is 9.97. The number of aromatic nitrogens is 1. The van der Waals surface area contributed by atoms with E-state index in [1.807, 2.05) is 19.3 Å². The maximum Gasteiger partial charge on any atom is 0.191 e. The highest BCUT2D eigenvalue weighted by atomic mass is 16.5. The van der Waals surface area contributed by atoms with Gasteiger partial charge in [0, 0.05) is 45.0 Å². The van der Waals surface area contributed by atoms with Crippen molar-refractivity contribution in [2.75, 3.05) is 44.8 Å². The zero-order chi connectivity index (χ0) is 18.2. The van der Waals surface area contributed by atoms with E-state index in [9.17, 15) is 0 Å². The molecule has 3 rings (SSSR count). The second-order valence-electron chi connectivity index (χ2n) is 7.43. The van der Waals surface area contributed by atoms with Crippen LogP contribution >= 0.6 is 0 Å². The second-order valence-corrected chi connectivity index (χ2v) is 7.43. The molecule has 1 saturated heterocycles. The van der Waals surface area contributed by atoms with Crippen LogP contribution in [0.25, 0.3) is 0 Å². The zero-order valence-corrected chi connectivity index (χ0v) is 16.3. The van der Waals surface area contributed by atoms with Crippen molar-refractivity contribution in [3.05, 3.63) is 23.9 Å². The lowest BCUT2D eigenvalue weighted by atomic mass is 9.83. The van der Waals surface area contributed by atoms with E-state index >= 15 is 0 Å². The number of morpholine rings is 1. The Balaban J connectivity index is 1.57. The highest BCUT2D eigenvalue weighted by Gasteiger charge is 2.31. The zero-order valence-electron chi connectivity index (χ0n) is 16.3. The van der Waals surface area contributed by atoms with Crippen molar-refractivity contribution in [1.82, 2.24) is 15.6 Å². The number of aliphatic imine (C=N–C) groups is 1. The molecular weight excluding hydrogens is 326 g/mol. The third-order valence-electron chi connectivity index (χ3n) is 5.89. The molecule has 26 heavy (non-hydrogen) atoms. The molecular formula is C20H33N5O. The number of pyridine rings is 1. The van der Waals surface area contributed by atoms with Gasteiger partial charge in [-0.2, -0.15) is 0 Å². The molecule has 2 aliphatic rings. The molecule has 6 nitrogen and oxygen atoms in total. The Labute approximate surface area is 157 Å². The molecule has 0 bridgehead atoms. The Bertz CT molecular complexity index is 592. The normalized spacial score (nSPS) is 20.2. The smallest absolute Gasteiger partial charge is 0.191 e. The predicted molar refractivity (Wildman–Crippen MR) is 107 cm³/mol. The Morgan fingerprint density at radius 1 is 1.27 bits per heavy atom. The fourth-order valence-corrected chi connectivity index (χ4v) is 4.08. The molecule has 1 aliphatic carbocycles. The maximum atomic E-state index is 5.46. The molecule has 144 valence electrons. The number of hydrogen-bond donors (Lipinski definition) is 2. The number of anilines is 1. The summed E-state index contributed by atoms with van der Waals surface area (Å²) in [6.07, 6.45) is 8.49. The summed E-state index contributed by atoms with van der Waals surface area (Å²) in [5.74, 6) is 1.93. The summed E-state index contributed by atoms with van der Waals surface area (Å²) in [5.41, 5.74) is 1.65. The van der Waals surface area contributed by atoms with E-state index in [2.05, 4.69) is 38.5 Å². The van der Waals surface area contributed by atoms with Crippen LogP contribution in [0.1, 0.15) is 44.6 Å². The first kappa shape index (κ1) is 19.0. The molecule has 6 heteroatoms. The molecule has 1 aromatic heterocycles. The van der Waals surface area contributed by atoms with Crippen molar-refractivity contribution >= 4 is 11.8 Å². The average molecular weight is 360 g/mol. The number of nitrogens with one attached hydrogen (secondary N) is 2. The quantitative estimate of drug-likeness (QED) is 0.604. The molecule has 0 unspecified atom stereocenters. The summed E-state index contributed by atoms with van der Waals surface area (Å²) in [6.45, 7) is 7.38. The third kappa shape index (κ3) is 4.67. The molecule has 0 aromatic carbocycles. The second kappa shape index (κ2) is 9.21. The summed E-state index contributed by atoms with van der Waals surface area (Å²) in [6, 6.07) is 4.14. The van der Waals surface area contributed by atoms with Crippen molar-refractivity contribution in [1.29, 1.82) is 0 Å². The van der Waals surface area contributed by atoms with Crippen LogP contribution in [-0.2, 0) is 11.3 Å². The molecule has 0 atom stereocenters. The van der Waals surface area contributed by atoms with E-state index in [1.165, 1.54) is 37.7 Å². The minimum Gasteiger partial charge on any atom is -0.378 e. The van der Waals surface area contributed by atoms with Crippen molar-refractivity contribution in [3.63, 3.8) is 0 Å². The molecule has 0 radical (unpaired) electrons. The SMILES string of the molecule is CCC1(CNC(=NC)NCc2cccnc2N2CCOCC2)CCCC1. The van der Waals surface area contributed by atoms with Gasteiger partial charge in [-0.05, 0) is 30.7 Å². The van der Waals surface area contributed by atoms with Gasteiger partial charge in [-0.1, -0.05) is 25.8 Å². The number of nitrogens with zero attached hydrogens (tertiary/aromatic N) is 3. The molecule has 0 amide bonds. The fraction of sp³-hybridized carbons (Fsp3) is 0.700. The van der Waals surface area contributed by atoms with Crippen LogP contribution < -0.4 is 15.5 Å². The molecule has 0 spiro atoms. The monoisotopic (exact) mass is 359 g/mol. The van der Waals surface area contributed by atoms with E-state index in [0.717, 1.165) is 51.2 Å². The van der Waals surface area contributed by atoms with Gasteiger partial charge >= 0.3 is 0 Å². The molecule has 2 heterocycles. The average Bonchev–Trinajstić information content (AvgIpc) is 3.18. The lowest BCUT2D eigenvalue weighted by Crippen LogP contribution is -2.43. The topological polar surface area (TPSA) is 61.8 Å². The Kier molecular flexibility index (Phi) is 6.72. The van der Waals surface area contributed by atoms with Gasteiger partial charge in [0.2, 0.25) is 0 Å². The van der Waals surface area contributed by atoms with Gasteiger partial charge in [0.25, 0.3) is 0 Å². The van der Waals surface area contributed by atoms with E-state index in [4.69, 9.17) is 4.74 Å². The highest BCUT2D eigenvalue weighted by Crippen LogP contribution is 2.40. The summed E-state index contributed by atoms with van der Waals surface area (Å²) in [5, 5.41) is 7.03. The van der Waals surface area contributed by atoms with Crippen LogP contribution in [0, 0.1) is 5.41 Å². The minimum absolute atomic E-state index is 0.449. The van der Waals surface area contributed by atoms with Gasteiger partial charge in [-0.15, -0.1) is 0 Å². The predicted octanol–water partition coefficient (Wildman–Crippen LogP) is 2.55. The first-order valence-electron chi connectivity index (χ1n) is 9.97. The lowest BCUT2D eigenvalue weighted by Gasteiger charge is -2.30. The number of rotatable bonds is 6. The standard InChI is InChI=1S/C20H33N5O/c1-3-20(8-4-5-9-20)16-24-19(21-2)23-15-17-7-6-10-22-18(17)25-11-13-26-14-12-25/h6-7,10H,3-5,8-9,11-16H2,1-2H3,(H2,21,23,24). The maximum absolute atomic E-state index is 5.46. The van der Waals surface area contributed by atoms with Crippen molar-refractivity contribution in [3.8, 4) is 0 Å². The third-order valence-corrected chi connectivity index (χ3v) is 5.89. The van der Waals surface area contributed by atoms with Gasteiger partial charge in [-0.25, -0.2) is 4.98 Å². The van der Waals surface area contributed by atoms with Gasteiger partial charge in [0.05, 0.1) is 13.2 Å². The number of hydrogen-bond acceptors (Lipinski definition) is 4. The first-order chi connectivity index (χ1) is 12.8. The molecule has 2 N–H and O–H groups in total. The van der Waals surface area contributed by atoms with Crippen LogP contribution in [0.2, 0.25) is 0 Å². The Morgan fingerprint density at radius 3 is 2.73 bits per heavy atom. The number of ether oxygens (including phenoxy) is 1. The van der Waals surface area contributed by atoms with Crippen LogP contribution in [0.5, 0.6) is 0 Å². The van der Waals surface area contributed by atoms with Crippen molar-refractivity contribution in [2.24, 2.45) is 10.4 Å². The molecule has 2 fully saturated rings. The molecule has 1 aromatic rings. The highest BCUT2D eigenvalue weighted by molar-refractivity contribution is 5.79. The lowest BCUT2D eigenvalue weighted by molar-refractivity contribution is 0.122. The Morgan fingerprint density at radius 2 is 2.04 bits per heavy atom. The molecule has 1 aliphatic heterocycles. The minimum atomic E-state index is 0.449. The van der Waals surface area contributed by atoms with Crippen molar-refractivity contribution in [2.45, 2.75) is 45.6 Å². The van der Waals surface area contributed by atoms with Crippen LogP contribution in [0.4, 0.5) is 5.82 Å². The fourth-order valence-electron chi connectivity index (χ4n) is 4.08. The summed E-state index contributed by atoms with van der Waals surface area (Å²) in [7, 11) is 1.84. The van der Waals surface area contributed by atoms with Crippen molar-refractivity contribution < 1.29 is 4.74 Å².